The maximum atomic E-state index is 10.2. The Morgan fingerprint density at radius 3 is 2.76 bits per heavy atom. The van der Waals surface area contributed by atoms with Gasteiger partial charge in [-0.25, -0.2) is 0 Å². The van der Waals surface area contributed by atoms with Crippen molar-refractivity contribution in [3.63, 3.8) is 0 Å². The van der Waals surface area contributed by atoms with Crippen molar-refractivity contribution in [2.75, 3.05) is 18.4 Å². The van der Waals surface area contributed by atoms with E-state index >= 15 is 0 Å². The molecule has 2 aliphatic heterocycles. The Balaban J connectivity index is 1.79. The van der Waals surface area contributed by atoms with Crippen molar-refractivity contribution in [1.29, 1.82) is 0 Å². The zero-order chi connectivity index (χ0) is 11.7. The molecule has 0 amide bonds. The molecule has 2 heterocycles. The Kier molecular flexibility index (Phi) is 3.01. The molecule has 3 rings (SSSR count). The van der Waals surface area contributed by atoms with Gasteiger partial charge in [0.15, 0.2) is 6.35 Å². The van der Waals surface area contributed by atoms with E-state index in [0.29, 0.717) is 6.04 Å². The van der Waals surface area contributed by atoms with Crippen LogP contribution in [0.25, 0.3) is 0 Å². The molecule has 1 saturated heterocycles. The molecule has 1 aromatic rings. The highest BCUT2D eigenvalue weighted by atomic mass is 16.3. The summed E-state index contributed by atoms with van der Waals surface area (Å²) >= 11 is 0. The fourth-order valence-electron chi connectivity index (χ4n) is 2.77. The van der Waals surface area contributed by atoms with E-state index in [0.717, 1.165) is 38.2 Å². The van der Waals surface area contributed by atoms with E-state index in [-0.39, 0.29) is 0 Å². The van der Waals surface area contributed by atoms with Crippen LogP contribution in [0.15, 0.2) is 24.3 Å². The Bertz CT molecular complexity index is 390. The average molecular weight is 233 g/mol. The fraction of sp³-hybridized carbons (Fsp3) is 0.538. The van der Waals surface area contributed by atoms with Gasteiger partial charge in [0, 0.05) is 18.3 Å². The van der Waals surface area contributed by atoms with Gasteiger partial charge >= 0.3 is 0 Å². The van der Waals surface area contributed by atoms with Crippen LogP contribution in [0.2, 0.25) is 0 Å². The number of para-hydroxylation sites is 1. The molecular formula is C13H19N3O. The van der Waals surface area contributed by atoms with Gasteiger partial charge in [-0.2, -0.15) is 0 Å². The normalized spacial score (nSPS) is 26.3. The molecule has 0 saturated carbocycles. The second kappa shape index (κ2) is 4.64. The monoisotopic (exact) mass is 233 g/mol. The number of rotatable bonds is 1. The predicted octanol–water partition coefficient (Wildman–Crippen LogP) is 0.942. The highest BCUT2D eigenvalue weighted by Crippen LogP contribution is 2.27. The number of fused-ring (bicyclic) bond motifs is 1. The molecule has 4 nitrogen and oxygen atoms in total. The van der Waals surface area contributed by atoms with E-state index in [4.69, 9.17) is 0 Å². The summed E-state index contributed by atoms with van der Waals surface area (Å²) in [6.07, 6.45) is 1.68. The summed E-state index contributed by atoms with van der Waals surface area (Å²) in [6.45, 7) is 2.94. The average Bonchev–Trinajstić information content (AvgIpc) is 2.39. The van der Waals surface area contributed by atoms with Crippen LogP contribution < -0.4 is 10.6 Å². The Hall–Kier alpha value is -1.10. The van der Waals surface area contributed by atoms with Crippen molar-refractivity contribution in [2.24, 2.45) is 0 Å². The van der Waals surface area contributed by atoms with Crippen LogP contribution in [0.5, 0.6) is 0 Å². The predicted molar refractivity (Wildman–Crippen MR) is 67.5 cm³/mol. The number of hydrogen-bond donors (Lipinski definition) is 3. The van der Waals surface area contributed by atoms with Crippen LogP contribution in [-0.4, -0.2) is 35.5 Å². The second-order valence-corrected chi connectivity index (χ2v) is 4.83. The minimum absolute atomic E-state index is 0.479. The lowest BCUT2D eigenvalue weighted by atomic mass is 10.0. The van der Waals surface area contributed by atoms with Crippen LogP contribution in [0, 0.1) is 0 Å². The van der Waals surface area contributed by atoms with E-state index < -0.39 is 6.35 Å². The van der Waals surface area contributed by atoms with Crippen LogP contribution in [0.4, 0.5) is 5.69 Å². The molecule has 1 aromatic carbocycles. The lowest BCUT2D eigenvalue weighted by Gasteiger charge is -2.41. The first kappa shape index (κ1) is 11.0. The summed E-state index contributed by atoms with van der Waals surface area (Å²) in [5.74, 6) is 0. The SMILES string of the molecule is OC1Nc2ccccc2CN1C1CCNCC1. The summed E-state index contributed by atoms with van der Waals surface area (Å²) in [6, 6.07) is 8.69. The smallest absolute Gasteiger partial charge is 0.184 e. The van der Waals surface area contributed by atoms with Crippen LogP contribution >= 0.6 is 0 Å². The molecule has 1 unspecified atom stereocenters. The van der Waals surface area contributed by atoms with Crippen molar-refractivity contribution in [2.45, 2.75) is 31.8 Å². The standard InChI is InChI=1S/C13H19N3O/c17-13-15-12-4-2-1-3-10(12)9-16(13)11-5-7-14-8-6-11/h1-4,11,13-15,17H,5-9H2. The van der Waals surface area contributed by atoms with Crippen molar-refractivity contribution in [3.05, 3.63) is 29.8 Å². The molecule has 0 radical (unpaired) electrons. The molecule has 1 fully saturated rings. The molecular weight excluding hydrogens is 214 g/mol. The van der Waals surface area contributed by atoms with Gasteiger partial charge in [0.05, 0.1) is 0 Å². The molecule has 1 atom stereocenters. The number of benzene rings is 1. The number of nitrogens with one attached hydrogen (secondary N) is 2. The zero-order valence-corrected chi connectivity index (χ0v) is 9.89. The van der Waals surface area contributed by atoms with Gasteiger partial charge in [0.25, 0.3) is 0 Å². The molecule has 0 aliphatic carbocycles. The molecule has 2 aliphatic rings. The maximum Gasteiger partial charge on any atom is 0.184 e. The summed E-state index contributed by atoms with van der Waals surface area (Å²) < 4.78 is 0. The van der Waals surface area contributed by atoms with E-state index in [1.165, 1.54) is 5.56 Å². The molecule has 0 spiro atoms. The third kappa shape index (κ3) is 2.16. The van der Waals surface area contributed by atoms with Gasteiger partial charge in [-0.05, 0) is 37.6 Å². The minimum Gasteiger partial charge on any atom is -0.361 e. The Labute approximate surface area is 102 Å². The summed E-state index contributed by atoms with van der Waals surface area (Å²) in [5, 5.41) is 16.7. The third-order valence-electron chi connectivity index (χ3n) is 3.75. The molecule has 4 heteroatoms. The van der Waals surface area contributed by atoms with Crippen molar-refractivity contribution < 1.29 is 5.11 Å². The van der Waals surface area contributed by atoms with Gasteiger partial charge < -0.3 is 15.7 Å². The zero-order valence-electron chi connectivity index (χ0n) is 9.89. The van der Waals surface area contributed by atoms with Gasteiger partial charge in [-0.1, -0.05) is 18.2 Å². The Morgan fingerprint density at radius 1 is 1.18 bits per heavy atom. The lowest BCUT2D eigenvalue weighted by molar-refractivity contribution is -0.0250. The van der Waals surface area contributed by atoms with Gasteiger partial charge in [-0.3, -0.25) is 4.90 Å². The number of nitrogens with zero attached hydrogens (tertiary/aromatic N) is 1. The summed E-state index contributed by atoms with van der Waals surface area (Å²) in [5.41, 5.74) is 2.33. The molecule has 92 valence electrons. The van der Waals surface area contributed by atoms with Crippen LogP contribution in [0.1, 0.15) is 18.4 Å². The van der Waals surface area contributed by atoms with Gasteiger partial charge in [0.1, 0.15) is 0 Å². The second-order valence-electron chi connectivity index (χ2n) is 4.83. The topological polar surface area (TPSA) is 47.5 Å². The highest BCUT2D eigenvalue weighted by Gasteiger charge is 2.30. The number of aliphatic hydroxyl groups excluding tert-OH is 1. The van der Waals surface area contributed by atoms with Crippen LogP contribution in [-0.2, 0) is 6.54 Å². The van der Waals surface area contributed by atoms with Crippen molar-refractivity contribution >= 4 is 5.69 Å². The first-order chi connectivity index (χ1) is 8.34. The first-order valence-electron chi connectivity index (χ1n) is 6.33. The summed E-state index contributed by atoms with van der Waals surface area (Å²) in [4.78, 5) is 2.17. The van der Waals surface area contributed by atoms with E-state index in [1.807, 2.05) is 12.1 Å². The molecule has 17 heavy (non-hydrogen) atoms. The highest BCUT2D eigenvalue weighted by molar-refractivity contribution is 5.52. The van der Waals surface area contributed by atoms with E-state index in [2.05, 4.69) is 27.7 Å². The van der Waals surface area contributed by atoms with Gasteiger partial charge in [-0.15, -0.1) is 0 Å². The van der Waals surface area contributed by atoms with Gasteiger partial charge in [0.2, 0.25) is 0 Å². The number of piperidine rings is 1. The number of aliphatic hydroxyl groups is 1. The lowest BCUT2D eigenvalue weighted by Crippen LogP contribution is -2.52. The molecule has 0 aromatic heterocycles. The third-order valence-corrected chi connectivity index (χ3v) is 3.75. The largest absolute Gasteiger partial charge is 0.361 e. The van der Waals surface area contributed by atoms with E-state index in [1.54, 1.807) is 0 Å². The summed E-state index contributed by atoms with van der Waals surface area (Å²) in [7, 11) is 0. The van der Waals surface area contributed by atoms with Crippen molar-refractivity contribution in [3.8, 4) is 0 Å². The Morgan fingerprint density at radius 2 is 1.94 bits per heavy atom. The molecule has 0 bridgehead atoms. The number of anilines is 1. The fourth-order valence-corrected chi connectivity index (χ4v) is 2.77. The van der Waals surface area contributed by atoms with Crippen LogP contribution in [0.3, 0.4) is 0 Å². The maximum absolute atomic E-state index is 10.2. The number of hydrogen-bond acceptors (Lipinski definition) is 4. The molecule has 3 N–H and O–H groups in total. The van der Waals surface area contributed by atoms with E-state index in [9.17, 15) is 5.11 Å². The quantitative estimate of drug-likeness (QED) is 0.675. The first-order valence-corrected chi connectivity index (χ1v) is 6.33. The minimum atomic E-state index is -0.548. The van der Waals surface area contributed by atoms with Crippen molar-refractivity contribution in [1.82, 2.24) is 10.2 Å².